The molecule has 0 aliphatic carbocycles. The Hall–Kier alpha value is -2.79. The summed E-state index contributed by atoms with van der Waals surface area (Å²) in [4.78, 5) is 9.97. The van der Waals surface area contributed by atoms with Crippen molar-refractivity contribution in [3.8, 4) is 0 Å². The van der Waals surface area contributed by atoms with E-state index in [2.05, 4.69) is 95.4 Å². The monoisotopic (exact) mass is 505 g/mol. The second-order valence-corrected chi connectivity index (χ2v) is 14.3. The molecule has 3 nitrogen and oxygen atoms in total. The number of carbonyl (C=O) groups is 1. The number of hydrogen-bond donors (Lipinski definition) is 1. The molecule has 1 N–H and O–H groups in total. The van der Waals surface area contributed by atoms with Crippen molar-refractivity contribution in [3.05, 3.63) is 132 Å². The van der Waals surface area contributed by atoms with Crippen molar-refractivity contribution in [3.63, 3.8) is 0 Å². The van der Waals surface area contributed by atoms with Gasteiger partial charge < -0.3 is 9.52 Å². The van der Waals surface area contributed by atoms with Crippen molar-refractivity contribution in [1.82, 2.24) is 0 Å². The van der Waals surface area contributed by atoms with E-state index in [0.717, 1.165) is 0 Å². The Kier molecular flexibility index (Phi) is 8.78. The van der Waals surface area contributed by atoms with E-state index < -0.39 is 25.7 Å². The molecule has 1 aromatic heterocycles. The molecular weight excluding hydrogens is 479 g/mol. The molecule has 0 atom stereocenters. The van der Waals surface area contributed by atoms with Gasteiger partial charge in [-0.05, 0) is 12.1 Å². The van der Waals surface area contributed by atoms with Crippen LogP contribution in [-0.4, -0.2) is 30.8 Å². The summed E-state index contributed by atoms with van der Waals surface area (Å²) in [5, 5.41) is 8.18. The van der Waals surface area contributed by atoms with Gasteiger partial charge in [0.05, 0.1) is 6.26 Å². The molecule has 1 radical (unpaired) electrons. The third-order valence-corrected chi connectivity index (χ3v) is 12.4. The topological polar surface area (TPSA) is 50.4 Å². The van der Waals surface area contributed by atoms with Gasteiger partial charge in [0.15, 0.2) is 0 Å². The molecule has 0 saturated heterocycles. The Bertz CT molecular complexity index is 886. The van der Waals surface area contributed by atoms with E-state index in [0.29, 0.717) is 0 Å². The molecule has 0 bridgehead atoms. The Balaban J connectivity index is 0.000000269. The fourth-order valence-corrected chi connectivity index (χ4v) is 11.3. The van der Waals surface area contributed by atoms with Crippen LogP contribution in [-0.2, 0) is 13.3 Å². The van der Waals surface area contributed by atoms with Crippen LogP contribution in [0.25, 0.3) is 0 Å². The van der Waals surface area contributed by atoms with Gasteiger partial charge in [0.25, 0.3) is 0 Å². The number of carboxylic acid groups (broad SMARTS) is 1. The fourth-order valence-electron chi connectivity index (χ4n) is 3.24. The zero-order valence-electron chi connectivity index (χ0n) is 16.8. The summed E-state index contributed by atoms with van der Waals surface area (Å²) in [7, 11) is 0. The molecule has 0 aliphatic heterocycles. The third kappa shape index (κ3) is 7.56. The molecule has 0 fully saturated rings. The summed E-state index contributed by atoms with van der Waals surface area (Å²) in [6.07, 6.45) is 1.32. The first kappa shape index (κ1) is 21.9. The van der Waals surface area contributed by atoms with Crippen molar-refractivity contribution in [2.24, 2.45) is 0 Å². The Morgan fingerprint density at radius 3 is 1.30 bits per heavy atom. The minimum atomic E-state index is -1.56. The average Bonchev–Trinajstić information content (AvgIpc) is 3.32. The van der Waals surface area contributed by atoms with Crippen LogP contribution in [0.4, 0.5) is 0 Å². The van der Waals surface area contributed by atoms with Gasteiger partial charge >= 0.3 is 147 Å². The van der Waals surface area contributed by atoms with Crippen LogP contribution in [0.5, 0.6) is 0 Å². The maximum atomic E-state index is 9.97. The second kappa shape index (κ2) is 12.0. The van der Waals surface area contributed by atoms with Gasteiger partial charge in [-0.25, -0.2) is 4.79 Å². The van der Waals surface area contributed by atoms with Crippen molar-refractivity contribution in [2.75, 3.05) is 0 Å². The SMILES string of the molecule is O=C(O)c1ccco1.c1ccc([CH2][Sn]([CH2]c2ccccc2)[CH2]c2ccccc2)cc1. The van der Waals surface area contributed by atoms with Gasteiger partial charge in [-0.2, -0.15) is 0 Å². The van der Waals surface area contributed by atoms with E-state index in [9.17, 15) is 4.79 Å². The molecule has 0 unspecified atom stereocenters. The molecule has 30 heavy (non-hydrogen) atoms. The summed E-state index contributed by atoms with van der Waals surface area (Å²) in [5.74, 6) is -1.06. The van der Waals surface area contributed by atoms with E-state index in [1.165, 1.54) is 48.4 Å². The molecule has 0 saturated carbocycles. The summed E-state index contributed by atoms with van der Waals surface area (Å²) in [6.45, 7) is 0. The van der Waals surface area contributed by atoms with Gasteiger partial charge in [-0.15, -0.1) is 0 Å². The van der Waals surface area contributed by atoms with Gasteiger partial charge in [0.2, 0.25) is 5.76 Å². The quantitative estimate of drug-likeness (QED) is 0.324. The third-order valence-electron chi connectivity index (χ3n) is 4.62. The molecule has 0 amide bonds. The molecule has 0 aliphatic rings. The number of aromatic carboxylic acids is 1. The Labute approximate surface area is 184 Å². The van der Waals surface area contributed by atoms with Crippen molar-refractivity contribution >= 4 is 25.7 Å². The van der Waals surface area contributed by atoms with Crippen molar-refractivity contribution < 1.29 is 14.3 Å². The van der Waals surface area contributed by atoms with Crippen LogP contribution >= 0.6 is 0 Å². The Morgan fingerprint density at radius 2 is 1.03 bits per heavy atom. The normalized spacial score (nSPS) is 10.3. The van der Waals surface area contributed by atoms with Crippen molar-refractivity contribution in [1.29, 1.82) is 0 Å². The molecule has 4 aromatic rings. The summed E-state index contributed by atoms with van der Waals surface area (Å²) < 4.78 is 8.47. The van der Waals surface area contributed by atoms with E-state index in [1.54, 1.807) is 0 Å². The zero-order chi connectivity index (χ0) is 21.0. The zero-order valence-corrected chi connectivity index (χ0v) is 19.6. The average molecular weight is 504 g/mol. The van der Waals surface area contributed by atoms with Crippen LogP contribution in [0.15, 0.2) is 114 Å². The predicted molar refractivity (Wildman–Crippen MR) is 122 cm³/mol. The first-order chi connectivity index (χ1) is 14.7. The number of hydrogen-bond acceptors (Lipinski definition) is 2. The van der Waals surface area contributed by atoms with Gasteiger partial charge in [-0.1, -0.05) is 0 Å². The van der Waals surface area contributed by atoms with Crippen molar-refractivity contribution in [2.45, 2.75) is 13.3 Å². The predicted octanol–water partition coefficient (Wildman–Crippen LogP) is 5.80. The number of furan rings is 1. The molecule has 1 heterocycles. The van der Waals surface area contributed by atoms with Gasteiger partial charge in [0, 0.05) is 0 Å². The minimum absolute atomic E-state index is 0.0231. The number of benzene rings is 3. The molecule has 151 valence electrons. The standard InChI is InChI=1S/3C7H7.C5H4O3.Sn/c3*1-7-5-3-2-4-6-7;6-5(7)4-2-1-3-8-4;/h3*2-6H,1H2;1-3H,(H,6,7);. The molecule has 4 rings (SSSR count). The second-order valence-electron chi connectivity index (χ2n) is 7.02. The summed E-state index contributed by atoms with van der Waals surface area (Å²) >= 11 is -1.56. The molecule has 0 spiro atoms. The molecule has 3 aromatic carbocycles. The number of rotatable bonds is 7. The fraction of sp³-hybridized carbons (Fsp3) is 0.115. The van der Waals surface area contributed by atoms with E-state index in [4.69, 9.17) is 5.11 Å². The molecule has 4 heteroatoms. The molecular formula is C26H25O3Sn. The maximum absolute atomic E-state index is 9.97. The van der Waals surface area contributed by atoms with E-state index >= 15 is 0 Å². The van der Waals surface area contributed by atoms with Crippen LogP contribution in [0, 0.1) is 0 Å². The first-order valence-corrected chi connectivity index (χ1v) is 16.0. The van der Waals surface area contributed by atoms with Gasteiger partial charge in [0.1, 0.15) is 0 Å². The summed E-state index contributed by atoms with van der Waals surface area (Å²) in [6, 6.07) is 36.0. The van der Waals surface area contributed by atoms with Crippen LogP contribution in [0.2, 0.25) is 0 Å². The van der Waals surface area contributed by atoms with Crippen LogP contribution < -0.4 is 0 Å². The van der Waals surface area contributed by atoms with Crippen LogP contribution in [0.1, 0.15) is 27.2 Å². The summed E-state index contributed by atoms with van der Waals surface area (Å²) in [5.41, 5.74) is 4.55. The first-order valence-electron chi connectivity index (χ1n) is 9.93. The van der Waals surface area contributed by atoms with E-state index in [1.807, 2.05) is 0 Å². The van der Waals surface area contributed by atoms with E-state index in [-0.39, 0.29) is 5.76 Å². The van der Waals surface area contributed by atoms with Crippen LogP contribution in [0.3, 0.4) is 0 Å². The van der Waals surface area contributed by atoms with Gasteiger partial charge in [-0.3, -0.25) is 0 Å². The number of carboxylic acids is 1. The Morgan fingerprint density at radius 1 is 0.633 bits per heavy atom.